The Morgan fingerprint density at radius 2 is 1.84 bits per heavy atom. The highest BCUT2D eigenvalue weighted by Gasteiger charge is 2.66. The monoisotopic (exact) mass is 580 g/mol. The van der Waals surface area contributed by atoms with E-state index in [9.17, 15) is 15.0 Å². The molecule has 226 valence electrons. The minimum Gasteiger partial charge on any atom is -0.506 e. The van der Waals surface area contributed by atoms with Crippen LogP contribution in [0.5, 0.6) is 5.75 Å². The summed E-state index contributed by atoms with van der Waals surface area (Å²) in [5.41, 5.74) is 2.63. The smallest absolute Gasteiger partial charge is 0.139 e. The number of H-pyrrole nitrogens is 1. The molecule has 4 aliphatic heterocycles. The van der Waals surface area contributed by atoms with Crippen LogP contribution in [0.25, 0.3) is 27.4 Å². The number of aliphatic hydroxyl groups is 1. The number of phenols is 1. The summed E-state index contributed by atoms with van der Waals surface area (Å²) in [6.07, 6.45) is 18.9. The Balaban J connectivity index is 1.34. The lowest BCUT2D eigenvalue weighted by atomic mass is 9.54. The number of aromatic hydroxyl groups is 1. The van der Waals surface area contributed by atoms with Crippen LogP contribution in [0.3, 0.4) is 0 Å². The normalized spacial score (nSPS) is 36.1. The number of rotatable bonds is 1. The van der Waals surface area contributed by atoms with Crippen LogP contribution in [0.2, 0.25) is 0 Å². The van der Waals surface area contributed by atoms with Crippen molar-refractivity contribution in [1.82, 2.24) is 19.8 Å². The molecule has 2 aromatic heterocycles. The summed E-state index contributed by atoms with van der Waals surface area (Å²) in [7, 11) is 0. The number of pyridine rings is 1. The van der Waals surface area contributed by atoms with Gasteiger partial charge in [-0.05, 0) is 107 Å². The number of hydrogen-bond acceptors (Lipinski definition) is 6. The second-order valence-electron chi connectivity index (χ2n) is 14.0. The Morgan fingerprint density at radius 1 is 0.953 bits per heavy atom. The van der Waals surface area contributed by atoms with Gasteiger partial charge in [-0.1, -0.05) is 24.3 Å². The fourth-order valence-corrected chi connectivity index (χ4v) is 9.92. The Bertz CT molecular complexity index is 1630. The second-order valence-corrected chi connectivity index (χ2v) is 14.0. The molecule has 3 N–H and O–H groups in total. The van der Waals surface area contributed by atoms with Crippen molar-refractivity contribution in [2.24, 2.45) is 11.3 Å². The number of para-hydroxylation sites is 1. The molecule has 0 radical (unpaired) electrons. The third-order valence-corrected chi connectivity index (χ3v) is 11.6. The number of carbonyl (C=O) groups is 1. The lowest BCUT2D eigenvalue weighted by Gasteiger charge is -2.58. The number of nitrogens with one attached hydrogen (secondary N) is 1. The summed E-state index contributed by atoms with van der Waals surface area (Å²) in [6.45, 7) is 4.02. The van der Waals surface area contributed by atoms with Gasteiger partial charge >= 0.3 is 0 Å². The fraction of sp³-hybridized carbons (Fsp3) is 0.556. The Labute approximate surface area is 253 Å². The zero-order chi connectivity index (χ0) is 29.2. The molecule has 3 fully saturated rings. The molecular formula is C36H44N4O3. The van der Waals surface area contributed by atoms with Gasteiger partial charge in [-0.25, -0.2) is 0 Å². The van der Waals surface area contributed by atoms with Crippen LogP contribution in [0.15, 0.2) is 48.7 Å². The van der Waals surface area contributed by atoms with Gasteiger partial charge in [0.25, 0.3) is 0 Å². The van der Waals surface area contributed by atoms with Crippen molar-refractivity contribution in [2.45, 2.75) is 88.3 Å². The molecule has 8 rings (SSSR count). The molecule has 1 spiro atoms. The summed E-state index contributed by atoms with van der Waals surface area (Å²) in [5.74, 6) is 0.898. The van der Waals surface area contributed by atoms with Crippen LogP contribution in [-0.2, 0) is 4.79 Å². The van der Waals surface area contributed by atoms with Gasteiger partial charge in [0.2, 0.25) is 0 Å². The third-order valence-electron chi connectivity index (χ3n) is 11.6. The lowest BCUT2D eigenvalue weighted by molar-refractivity contribution is -0.120. The Morgan fingerprint density at radius 3 is 2.77 bits per heavy atom. The molecule has 3 unspecified atom stereocenters. The summed E-state index contributed by atoms with van der Waals surface area (Å²) >= 11 is 0. The van der Waals surface area contributed by atoms with Crippen molar-refractivity contribution in [3.05, 3.63) is 54.4 Å². The van der Waals surface area contributed by atoms with E-state index in [1.54, 1.807) is 6.07 Å². The number of nitrogens with zero attached hydrogens (tertiary/aromatic N) is 3. The maximum Gasteiger partial charge on any atom is 0.139 e. The average Bonchev–Trinajstić information content (AvgIpc) is 3.52. The van der Waals surface area contributed by atoms with Crippen LogP contribution in [0, 0.1) is 11.3 Å². The number of Topliss-reactive ketones (excluding diaryl/α,β-unsaturated/α-hetero) is 1. The minimum absolute atomic E-state index is 0.0230. The van der Waals surface area contributed by atoms with E-state index in [-0.39, 0.29) is 23.1 Å². The van der Waals surface area contributed by atoms with Crippen molar-refractivity contribution in [1.29, 1.82) is 0 Å². The van der Waals surface area contributed by atoms with Crippen LogP contribution < -0.4 is 0 Å². The highest BCUT2D eigenvalue weighted by Crippen LogP contribution is 2.62. The molecule has 6 heterocycles. The molecule has 7 nitrogen and oxygen atoms in total. The molecule has 1 aromatic carbocycles. The minimum atomic E-state index is -1.01. The van der Waals surface area contributed by atoms with E-state index in [1.807, 2.05) is 18.3 Å². The number of aromatic nitrogens is 2. The van der Waals surface area contributed by atoms with Crippen LogP contribution >= 0.6 is 0 Å². The molecule has 3 aromatic rings. The highest BCUT2D eigenvalue weighted by molar-refractivity contribution is 6.11. The molecule has 3 bridgehead atoms. The van der Waals surface area contributed by atoms with Crippen LogP contribution in [-0.4, -0.2) is 79.6 Å². The van der Waals surface area contributed by atoms with E-state index in [4.69, 9.17) is 4.98 Å². The molecular weight excluding hydrogens is 536 g/mol. The lowest BCUT2D eigenvalue weighted by Crippen LogP contribution is -2.65. The standard InChI is InChI=1S/C36H44N4O3/c41-25-9-8-19-40-24(12-13-25)21-35-23-39-18-6-4-2-1-3-5-16-36(43,34(35)40)22-28(29(35)15-20-39)32-33-27(14-17-37-32)26-10-7-11-30(42)31(26)38-33/h1,3,7,10-11,14,17,22,24,29,34,38,42-43H,2,4-6,8-9,12-13,15-16,18-21,23H2/b3-1-/t24?,29?,34-,35+,36+/m1/s1. The number of allylic oxidation sites excluding steroid dienone is 3. The first-order valence-corrected chi connectivity index (χ1v) is 16.7. The summed E-state index contributed by atoms with van der Waals surface area (Å²) in [5, 5.41) is 25.8. The maximum absolute atomic E-state index is 13.1. The predicted octanol–water partition coefficient (Wildman–Crippen LogP) is 5.96. The second kappa shape index (κ2) is 10.6. The van der Waals surface area contributed by atoms with E-state index < -0.39 is 5.60 Å². The van der Waals surface area contributed by atoms with Crippen LogP contribution in [0.4, 0.5) is 0 Å². The third kappa shape index (κ3) is 4.41. The first-order valence-electron chi connectivity index (χ1n) is 16.7. The maximum atomic E-state index is 13.1. The Hall–Kier alpha value is -3.00. The fourth-order valence-electron chi connectivity index (χ4n) is 9.92. The van der Waals surface area contributed by atoms with Crippen LogP contribution in [0.1, 0.15) is 76.3 Å². The zero-order valence-electron chi connectivity index (χ0n) is 25.1. The number of hydrogen-bond donors (Lipinski definition) is 3. The number of aromatic amines is 1. The van der Waals surface area contributed by atoms with Crippen molar-refractivity contribution in [3.63, 3.8) is 0 Å². The zero-order valence-corrected chi connectivity index (χ0v) is 25.1. The van der Waals surface area contributed by atoms with E-state index in [2.05, 4.69) is 39.1 Å². The largest absolute Gasteiger partial charge is 0.506 e. The van der Waals surface area contributed by atoms with E-state index in [0.29, 0.717) is 31.1 Å². The summed E-state index contributed by atoms with van der Waals surface area (Å²) < 4.78 is 0. The Kier molecular flexibility index (Phi) is 6.77. The van der Waals surface area contributed by atoms with Gasteiger partial charge in [0.05, 0.1) is 22.3 Å². The molecule has 7 heteroatoms. The van der Waals surface area contributed by atoms with E-state index in [0.717, 1.165) is 92.2 Å². The van der Waals surface area contributed by atoms with E-state index in [1.165, 1.54) is 18.4 Å². The number of benzene rings is 1. The molecule has 1 aliphatic carbocycles. The first-order chi connectivity index (χ1) is 21.0. The van der Waals surface area contributed by atoms with Gasteiger partial charge in [-0.2, -0.15) is 0 Å². The molecule has 3 saturated heterocycles. The van der Waals surface area contributed by atoms with Crippen molar-refractivity contribution >= 4 is 33.2 Å². The van der Waals surface area contributed by atoms with Gasteiger partial charge in [0, 0.05) is 53.9 Å². The molecule has 0 amide bonds. The first kappa shape index (κ1) is 27.5. The predicted molar refractivity (Wildman–Crippen MR) is 170 cm³/mol. The van der Waals surface area contributed by atoms with E-state index >= 15 is 0 Å². The van der Waals surface area contributed by atoms with Crippen molar-refractivity contribution in [2.75, 3.05) is 26.2 Å². The topological polar surface area (TPSA) is 92.7 Å². The van der Waals surface area contributed by atoms with Gasteiger partial charge in [-0.15, -0.1) is 0 Å². The summed E-state index contributed by atoms with van der Waals surface area (Å²) in [6, 6.07) is 8.04. The van der Waals surface area contributed by atoms with Crippen molar-refractivity contribution < 1.29 is 15.0 Å². The summed E-state index contributed by atoms with van der Waals surface area (Å²) in [4.78, 5) is 26.5. The quantitative estimate of drug-likeness (QED) is 0.308. The number of ketones is 1. The number of fused-ring (bicyclic) bond motifs is 5. The van der Waals surface area contributed by atoms with Gasteiger partial charge in [-0.3, -0.25) is 14.7 Å². The molecule has 6 atom stereocenters. The number of carbonyl (C=O) groups excluding carboxylic acids is 1. The van der Waals surface area contributed by atoms with Gasteiger partial charge in [0.15, 0.2) is 0 Å². The number of piperidine rings is 1. The number of phenolic OH excluding ortho intramolecular Hbond substituents is 1. The van der Waals surface area contributed by atoms with Gasteiger partial charge < -0.3 is 20.1 Å². The van der Waals surface area contributed by atoms with Gasteiger partial charge in [0.1, 0.15) is 11.5 Å². The van der Waals surface area contributed by atoms with Crippen molar-refractivity contribution in [3.8, 4) is 5.75 Å². The molecule has 5 aliphatic rings. The molecule has 43 heavy (non-hydrogen) atoms. The SMILES string of the molecule is O=C1CCCN2C(CC1)C[C@]13CN4CCCC/C=C\CC[C@](O)(C=C(c5nccc6c5[nH]c5c(O)cccc56)C1CC4)[C@H]23. The highest BCUT2D eigenvalue weighted by atomic mass is 16.3. The molecule has 0 saturated carbocycles. The average molecular weight is 581 g/mol.